The number of aryl methyl sites for hydroxylation is 1. The van der Waals surface area contributed by atoms with E-state index in [9.17, 15) is 14.7 Å². The molecule has 0 aliphatic carbocycles. The highest BCUT2D eigenvalue weighted by Gasteiger charge is 2.48. The van der Waals surface area contributed by atoms with Gasteiger partial charge in [-0.15, -0.1) is 11.3 Å². The van der Waals surface area contributed by atoms with E-state index < -0.39 is 34.8 Å². The normalized spacial score (nSPS) is 23.9. The van der Waals surface area contributed by atoms with Crippen LogP contribution in [0.5, 0.6) is 0 Å². The van der Waals surface area contributed by atoms with Crippen molar-refractivity contribution < 1.29 is 24.2 Å². The van der Waals surface area contributed by atoms with E-state index >= 15 is 0 Å². The third kappa shape index (κ3) is 5.23. The number of amides is 1. The smallest absolute Gasteiger partial charge is 0.410 e. The van der Waals surface area contributed by atoms with Crippen LogP contribution in [0.15, 0.2) is 11.4 Å². The first-order valence-corrected chi connectivity index (χ1v) is 10.1. The number of thiophene rings is 1. The van der Waals surface area contributed by atoms with E-state index in [1.54, 1.807) is 41.5 Å². The Morgan fingerprint density at radius 2 is 1.89 bits per heavy atom. The van der Waals surface area contributed by atoms with E-state index in [4.69, 9.17) is 9.47 Å². The predicted octanol–water partition coefficient (Wildman–Crippen LogP) is 3.84. The maximum atomic E-state index is 12.5. The van der Waals surface area contributed by atoms with Crippen LogP contribution in [0.25, 0.3) is 0 Å². The lowest BCUT2D eigenvalue weighted by Crippen LogP contribution is -2.57. The summed E-state index contributed by atoms with van der Waals surface area (Å²) < 4.78 is 11.2. The van der Waals surface area contributed by atoms with Gasteiger partial charge >= 0.3 is 12.1 Å². The first-order valence-electron chi connectivity index (χ1n) is 9.19. The highest BCUT2D eigenvalue weighted by Crippen LogP contribution is 2.39. The van der Waals surface area contributed by atoms with Crippen molar-refractivity contribution in [2.45, 2.75) is 72.2 Å². The molecule has 1 aliphatic rings. The van der Waals surface area contributed by atoms with Gasteiger partial charge in [0, 0.05) is 17.8 Å². The third-order valence-corrected chi connectivity index (χ3v) is 5.57. The molecule has 2 atom stereocenters. The van der Waals surface area contributed by atoms with Crippen LogP contribution in [-0.2, 0) is 19.9 Å². The van der Waals surface area contributed by atoms with Gasteiger partial charge in [-0.25, -0.2) is 4.79 Å². The maximum Gasteiger partial charge on any atom is 0.410 e. The zero-order valence-corrected chi connectivity index (χ0v) is 18.1. The number of piperidine rings is 1. The fourth-order valence-electron chi connectivity index (χ4n) is 2.78. The molecule has 7 heteroatoms. The van der Waals surface area contributed by atoms with E-state index in [1.165, 1.54) is 16.2 Å². The molecule has 152 valence electrons. The Hall–Kier alpha value is -1.60. The molecule has 1 saturated heterocycles. The molecule has 0 unspecified atom stereocenters. The quantitative estimate of drug-likeness (QED) is 0.767. The molecule has 0 saturated carbocycles. The Morgan fingerprint density at radius 3 is 2.37 bits per heavy atom. The molecule has 27 heavy (non-hydrogen) atoms. The van der Waals surface area contributed by atoms with Crippen molar-refractivity contribution in [1.29, 1.82) is 0 Å². The van der Waals surface area contributed by atoms with Gasteiger partial charge in [0.2, 0.25) is 0 Å². The summed E-state index contributed by atoms with van der Waals surface area (Å²) in [4.78, 5) is 27.2. The fourth-order valence-corrected chi connectivity index (χ4v) is 3.85. The number of hydrogen-bond donors (Lipinski definition) is 1. The van der Waals surface area contributed by atoms with Crippen LogP contribution >= 0.6 is 11.3 Å². The molecule has 2 heterocycles. The van der Waals surface area contributed by atoms with Crippen molar-refractivity contribution in [1.82, 2.24) is 4.90 Å². The highest BCUT2D eigenvalue weighted by molar-refractivity contribution is 7.10. The molecule has 0 bridgehead atoms. The van der Waals surface area contributed by atoms with Gasteiger partial charge in [0.05, 0.1) is 12.0 Å². The van der Waals surface area contributed by atoms with Gasteiger partial charge in [0.15, 0.2) is 6.10 Å². The standard InChI is InChI=1S/C20H31NO5S/c1-13-10-15(27-12-13)20(24)8-9-21(17(23)26-19(5,6)7)11-14(20)25-16(22)18(2,3)4/h10,12,14,24H,8-9,11H2,1-7H3/t14-,20+/m0/s1. The van der Waals surface area contributed by atoms with Crippen LogP contribution in [0.3, 0.4) is 0 Å². The molecule has 2 rings (SSSR count). The van der Waals surface area contributed by atoms with Gasteiger partial charge in [-0.1, -0.05) is 0 Å². The number of hydrogen-bond acceptors (Lipinski definition) is 6. The average molecular weight is 398 g/mol. The van der Waals surface area contributed by atoms with Gasteiger partial charge in [-0.05, 0) is 65.5 Å². The van der Waals surface area contributed by atoms with Crippen LogP contribution in [0.1, 0.15) is 58.4 Å². The largest absolute Gasteiger partial charge is 0.457 e. The summed E-state index contributed by atoms with van der Waals surface area (Å²) in [6.07, 6.45) is -1.05. The van der Waals surface area contributed by atoms with Crippen LogP contribution < -0.4 is 0 Å². The molecule has 6 nitrogen and oxygen atoms in total. The minimum atomic E-state index is -1.32. The minimum Gasteiger partial charge on any atom is -0.457 e. The number of likely N-dealkylation sites (tertiary alicyclic amines) is 1. The second-order valence-corrected chi connectivity index (χ2v) is 10.1. The molecule has 1 aromatic rings. The van der Waals surface area contributed by atoms with Crippen LogP contribution in [0.4, 0.5) is 4.79 Å². The monoisotopic (exact) mass is 397 g/mol. The van der Waals surface area contributed by atoms with E-state index in [0.29, 0.717) is 6.54 Å². The topological polar surface area (TPSA) is 76.1 Å². The van der Waals surface area contributed by atoms with E-state index in [2.05, 4.69) is 0 Å². The minimum absolute atomic E-state index is 0.0875. The van der Waals surface area contributed by atoms with Crippen LogP contribution in [0.2, 0.25) is 0 Å². The second kappa shape index (κ2) is 7.43. The van der Waals surface area contributed by atoms with E-state index in [1.807, 2.05) is 18.4 Å². The van der Waals surface area contributed by atoms with Gasteiger partial charge < -0.3 is 19.5 Å². The van der Waals surface area contributed by atoms with Gasteiger partial charge in [0.1, 0.15) is 11.2 Å². The Bertz CT molecular complexity index is 700. The number of nitrogens with zero attached hydrogens (tertiary/aromatic N) is 1. The number of aliphatic hydroxyl groups is 1. The van der Waals surface area contributed by atoms with Gasteiger partial charge in [-0.3, -0.25) is 4.79 Å². The van der Waals surface area contributed by atoms with E-state index in [0.717, 1.165) is 10.4 Å². The zero-order valence-electron chi connectivity index (χ0n) is 17.3. The summed E-state index contributed by atoms with van der Waals surface area (Å²) in [7, 11) is 0. The molecular weight excluding hydrogens is 366 g/mol. The summed E-state index contributed by atoms with van der Waals surface area (Å²) in [6.45, 7) is 13.1. The average Bonchev–Trinajstić information content (AvgIpc) is 2.94. The summed E-state index contributed by atoms with van der Waals surface area (Å²) in [5.74, 6) is -0.412. The summed E-state index contributed by atoms with van der Waals surface area (Å²) in [6, 6.07) is 1.91. The first kappa shape index (κ1) is 21.7. The molecular formula is C20H31NO5S. The Morgan fingerprint density at radius 1 is 1.26 bits per heavy atom. The van der Waals surface area contributed by atoms with Crippen molar-refractivity contribution in [3.05, 3.63) is 21.9 Å². The molecule has 1 fully saturated rings. The Labute approximate surface area is 165 Å². The Balaban J connectivity index is 2.28. The SMILES string of the molecule is Cc1csc([C@@]2(O)CCN(C(=O)OC(C)(C)C)C[C@@H]2OC(=O)C(C)(C)C)c1. The Kier molecular flexibility index (Phi) is 5.97. The van der Waals surface area contributed by atoms with Crippen molar-refractivity contribution >= 4 is 23.4 Å². The van der Waals surface area contributed by atoms with Crippen molar-refractivity contribution in [2.24, 2.45) is 5.41 Å². The maximum absolute atomic E-state index is 12.5. The van der Waals surface area contributed by atoms with Crippen molar-refractivity contribution in [3.63, 3.8) is 0 Å². The number of rotatable bonds is 2. The number of carbonyl (C=O) groups excluding carboxylic acids is 2. The van der Waals surface area contributed by atoms with Crippen molar-refractivity contribution in [2.75, 3.05) is 13.1 Å². The molecule has 0 spiro atoms. The number of carbonyl (C=O) groups is 2. The molecule has 0 radical (unpaired) electrons. The number of ether oxygens (including phenoxy) is 2. The summed E-state index contributed by atoms with van der Waals surface area (Å²) >= 11 is 1.44. The summed E-state index contributed by atoms with van der Waals surface area (Å²) in [5.41, 5.74) is -1.61. The lowest BCUT2D eigenvalue weighted by Gasteiger charge is -2.44. The predicted molar refractivity (Wildman–Crippen MR) is 105 cm³/mol. The highest BCUT2D eigenvalue weighted by atomic mass is 32.1. The fraction of sp³-hybridized carbons (Fsp3) is 0.700. The van der Waals surface area contributed by atoms with Crippen molar-refractivity contribution in [3.8, 4) is 0 Å². The molecule has 1 aliphatic heterocycles. The van der Waals surface area contributed by atoms with Gasteiger partial charge in [-0.2, -0.15) is 0 Å². The zero-order chi connectivity index (χ0) is 20.6. The lowest BCUT2D eigenvalue weighted by molar-refractivity contribution is -0.185. The molecule has 0 aromatic carbocycles. The number of esters is 1. The molecule has 1 aromatic heterocycles. The summed E-state index contributed by atoms with van der Waals surface area (Å²) in [5, 5.41) is 13.4. The third-order valence-electron chi connectivity index (χ3n) is 4.35. The second-order valence-electron chi connectivity index (χ2n) is 9.23. The molecule has 1 N–H and O–H groups in total. The first-order chi connectivity index (χ1) is 12.2. The van der Waals surface area contributed by atoms with Crippen LogP contribution in [-0.4, -0.2) is 46.9 Å². The molecule has 1 amide bonds. The lowest BCUT2D eigenvalue weighted by atomic mass is 9.86. The van der Waals surface area contributed by atoms with E-state index in [-0.39, 0.29) is 13.0 Å². The van der Waals surface area contributed by atoms with Gasteiger partial charge in [0.25, 0.3) is 0 Å². The van der Waals surface area contributed by atoms with Crippen LogP contribution in [0, 0.1) is 12.3 Å².